The Balaban J connectivity index is 2.77. The maximum absolute atomic E-state index is 13.5. The number of rotatable bonds is 5. The van der Waals surface area contributed by atoms with Gasteiger partial charge in [-0.3, -0.25) is 4.79 Å². The third-order valence-electron chi connectivity index (χ3n) is 2.55. The zero-order valence-corrected chi connectivity index (χ0v) is 12.1. The van der Waals surface area contributed by atoms with Crippen molar-refractivity contribution in [3.63, 3.8) is 0 Å². The van der Waals surface area contributed by atoms with E-state index in [1.165, 1.54) is 12.1 Å². The first-order chi connectivity index (χ1) is 8.43. The van der Waals surface area contributed by atoms with Crippen molar-refractivity contribution in [1.29, 1.82) is 0 Å². The Morgan fingerprint density at radius 2 is 2.17 bits per heavy atom. The van der Waals surface area contributed by atoms with Gasteiger partial charge in [0.25, 0.3) is 5.91 Å². The molecular formula is C13H18BrFN2O. The predicted molar refractivity (Wildman–Crippen MR) is 73.9 cm³/mol. The standard InChI is InChI=1S/C13H18BrFN2O/c1-8(2)5-10(7-16)17-13(18)11-6-9(14)3-4-12(11)15/h3-4,6,8,10H,5,7,16H2,1-2H3,(H,17,18). The zero-order chi connectivity index (χ0) is 13.7. The smallest absolute Gasteiger partial charge is 0.254 e. The van der Waals surface area contributed by atoms with Crippen LogP contribution in [0.1, 0.15) is 30.6 Å². The van der Waals surface area contributed by atoms with E-state index in [0.29, 0.717) is 16.9 Å². The minimum Gasteiger partial charge on any atom is -0.348 e. The second-order valence-corrected chi connectivity index (χ2v) is 5.58. The number of nitrogens with two attached hydrogens (primary N) is 1. The third-order valence-corrected chi connectivity index (χ3v) is 3.04. The minimum absolute atomic E-state index is 0.0339. The summed E-state index contributed by atoms with van der Waals surface area (Å²) in [4.78, 5) is 11.9. The van der Waals surface area contributed by atoms with E-state index in [-0.39, 0.29) is 11.6 Å². The number of carbonyl (C=O) groups is 1. The number of carbonyl (C=O) groups excluding carboxylic acids is 1. The van der Waals surface area contributed by atoms with Gasteiger partial charge in [-0.1, -0.05) is 29.8 Å². The summed E-state index contributed by atoms with van der Waals surface area (Å²) in [5, 5.41) is 2.76. The van der Waals surface area contributed by atoms with E-state index in [2.05, 4.69) is 35.1 Å². The summed E-state index contributed by atoms with van der Waals surface area (Å²) in [5.74, 6) is -0.535. The molecule has 0 heterocycles. The summed E-state index contributed by atoms with van der Waals surface area (Å²) in [7, 11) is 0. The van der Waals surface area contributed by atoms with Crippen molar-refractivity contribution in [2.24, 2.45) is 11.7 Å². The van der Waals surface area contributed by atoms with Crippen molar-refractivity contribution in [1.82, 2.24) is 5.32 Å². The van der Waals surface area contributed by atoms with Crippen molar-refractivity contribution < 1.29 is 9.18 Å². The lowest BCUT2D eigenvalue weighted by Crippen LogP contribution is -2.41. The monoisotopic (exact) mass is 316 g/mol. The average molecular weight is 317 g/mol. The molecule has 5 heteroatoms. The molecule has 0 aliphatic heterocycles. The molecule has 1 amide bonds. The summed E-state index contributed by atoms with van der Waals surface area (Å²) in [6.45, 7) is 4.45. The maximum Gasteiger partial charge on any atom is 0.254 e. The molecule has 3 nitrogen and oxygen atoms in total. The normalized spacial score (nSPS) is 12.6. The van der Waals surface area contributed by atoms with Crippen molar-refractivity contribution in [2.75, 3.05) is 6.54 Å². The van der Waals surface area contributed by atoms with Crippen molar-refractivity contribution in [2.45, 2.75) is 26.3 Å². The molecule has 1 atom stereocenters. The van der Waals surface area contributed by atoms with Gasteiger partial charge in [0.05, 0.1) is 5.56 Å². The highest BCUT2D eigenvalue weighted by Gasteiger charge is 2.16. The molecule has 0 aliphatic rings. The van der Waals surface area contributed by atoms with Gasteiger partial charge >= 0.3 is 0 Å². The maximum atomic E-state index is 13.5. The van der Waals surface area contributed by atoms with E-state index in [1.54, 1.807) is 6.07 Å². The molecule has 1 rings (SSSR count). The fourth-order valence-corrected chi connectivity index (χ4v) is 2.08. The molecule has 0 bridgehead atoms. The molecule has 0 saturated heterocycles. The molecule has 1 aromatic carbocycles. The van der Waals surface area contributed by atoms with Gasteiger partial charge in [0.2, 0.25) is 0 Å². The van der Waals surface area contributed by atoms with Crippen LogP contribution in [-0.4, -0.2) is 18.5 Å². The van der Waals surface area contributed by atoms with Crippen LogP contribution in [0.5, 0.6) is 0 Å². The van der Waals surface area contributed by atoms with Crippen LogP contribution < -0.4 is 11.1 Å². The van der Waals surface area contributed by atoms with Gasteiger partial charge in [-0.2, -0.15) is 0 Å². The summed E-state index contributed by atoms with van der Waals surface area (Å²) in [5.41, 5.74) is 5.63. The molecule has 3 N–H and O–H groups in total. The Kier molecular flexibility index (Phi) is 5.75. The third kappa shape index (κ3) is 4.38. The van der Waals surface area contributed by atoms with Gasteiger partial charge in [-0.15, -0.1) is 0 Å². The first-order valence-corrected chi connectivity index (χ1v) is 6.69. The lowest BCUT2D eigenvalue weighted by Gasteiger charge is -2.19. The van der Waals surface area contributed by atoms with E-state index >= 15 is 0 Å². The Hall–Kier alpha value is -0.940. The van der Waals surface area contributed by atoms with Crippen LogP contribution in [0, 0.1) is 11.7 Å². The summed E-state index contributed by atoms with van der Waals surface area (Å²) in [6.07, 6.45) is 0.776. The summed E-state index contributed by atoms with van der Waals surface area (Å²) >= 11 is 3.22. The Morgan fingerprint density at radius 1 is 1.50 bits per heavy atom. The van der Waals surface area contributed by atoms with Crippen LogP contribution in [0.2, 0.25) is 0 Å². The molecule has 1 aromatic rings. The number of hydrogen-bond acceptors (Lipinski definition) is 2. The van der Waals surface area contributed by atoms with Crippen LogP contribution >= 0.6 is 15.9 Å². The molecule has 0 radical (unpaired) electrons. The van der Waals surface area contributed by atoms with Crippen LogP contribution in [0.15, 0.2) is 22.7 Å². The lowest BCUT2D eigenvalue weighted by atomic mass is 10.0. The van der Waals surface area contributed by atoms with Gasteiger partial charge in [0, 0.05) is 17.1 Å². The number of amides is 1. The van der Waals surface area contributed by atoms with E-state index < -0.39 is 11.7 Å². The lowest BCUT2D eigenvalue weighted by molar-refractivity contribution is 0.0929. The molecule has 1 unspecified atom stereocenters. The largest absolute Gasteiger partial charge is 0.348 e. The highest BCUT2D eigenvalue weighted by molar-refractivity contribution is 9.10. The fourth-order valence-electron chi connectivity index (χ4n) is 1.72. The van der Waals surface area contributed by atoms with Crippen molar-refractivity contribution >= 4 is 21.8 Å². The molecule has 0 aromatic heterocycles. The number of nitrogens with one attached hydrogen (secondary N) is 1. The predicted octanol–water partition coefficient (Wildman–Crippen LogP) is 2.69. The van der Waals surface area contributed by atoms with E-state index in [0.717, 1.165) is 6.42 Å². The van der Waals surface area contributed by atoms with Gasteiger partial charge in [-0.05, 0) is 30.5 Å². The van der Waals surface area contributed by atoms with Crippen LogP contribution in [0.3, 0.4) is 0 Å². The average Bonchev–Trinajstić information content (AvgIpc) is 2.30. The van der Waals surface area contributed by atoms with Crippen molar-refractivity contribution in [3.05, 3.63) is 34.1 Å². The summed E-state index contributed by atoms with van der Waals surface area (Å²) in [6, 6.07) is 4.16. The number of benzene rings is 1. The molecular weight excluding hydrogens is 299 g/mol. The van der Waals surface area contributed by atoms with Crippen molar-refractivity contribution in [3.8, 4) is 0 Å². The molecule has 0 saturated carbocycles. The molecule has 0 fully saturated rings. The van der Waals surface area contributed by atoms with Gasteiger partial charge in [0.15, 0.2) is 0 Å². The Morgan fingerprint density at radius 3 is 2.72 bits per heavy atom. The zero-order valence-electron chi connectivity index (χ0n) is 10.5. The quantitative estimate of drug-likeness (QED) is 0.877. The van der Waals surface area contributed by atoms with Gasteiger partial charge < -0.3 is 11.1 Å². The Labute approximate surface area is 115 Å². The highest BCUT2D eigenvalue weighted by atomic mass is 79.9. The first kappa shape index (κ1) is 15.1. The van der Waals surface area contributed by atoms with Crippen LogP contribution in [0.4, 0.5) is 4.39 Å². The topological polar surface area (TPSA) is 55.1 Å². The number of hydrogen-bond donors (Lipinski definition) is 2. The number of halogens is 2. The molecule has 0 spiro atoms. The Bertz CT molecular complexity index is 423. The van der Waals surface area contributed by atoms with E-state index in [9.17, 15) is 9.18 Å². The van der Waals surface area contributed by atoms with Gasteiger partial charge in [0.1, 0.15) is 5.82 Å². The highest BCUT2D eigenvalue weighted by Crippen LogP contribution is 2.16. The molecule has 18 heavy (non-hydrogen) atoms. The fraction of sp³-hybridized carbons (Fsp3) is 0.462. The van der Waals surface area contributed by atoms with E-state index in [4.69, 9.17) is 5.73 Å². The second kappa shape index (κ2) is 6.85. The SMILES string of the molecule is CC(C)CC(CN)NC(=O)c1cc(Br)ccc1F. The second-order valence-electron chi connectivity index (χ2n) is 4.66. The summed E-state index contributed by atoms with van der Waals surface area (Å²) < 4.78 is 14.2. The van der Waals surface area contributed by atoms with Gasteiger partial charge in [-0.25, -0.2) is 4.39 Å². The minimum atomic E-state index is -0.531. The van der Waals surface area contributed by atoms with Crippen LogP contribution in [0.25, 0.3) is 0 Å². The molecule has 0 aliphatic carbocycles. The molecule has 100 valence electrons. The first-order valence-electron chi connectivity index (χ1n) is 5.90. The van der Waals surface area contributed by atoms with E-state index in [1.807, 2.05) is 0 Å². The van der Waals surface area contributed by atoms with Crippen LogP contribution in [-0.2, 0) is 0 Å².